The van der Waals surface area contributed by atoms with Gasteiger partial charge in [0.25, 0.3) is 5.91 Å². The molecule has 2 N–H and O–H groups in total. The predicted octanol–water partition coefficient (Wildman–Crippen LogP) is 2.73. The fourth-order valence-electron chi connectivity index (χ4n) is 2.49. The zero-order valence-corrected chi connectivity index (χ0v) is 12.4. The van der Waals surface area contributed by atoms with Crippen LogP contribution in [0.5, 0.6) is 0 Å². The number of halogens is 4. The molecule has 1 fully saturated rings. The van der Waals surface area contributed by atoms with Crippen LogP contribution in [0.4, 0.5) is 13.2 Å². The molecular weight excluding hydrogens is 305 g/mol. The topological polar surface area (TPSA) is 46.3 Å². The summed E-state index contributed by atoms with van der Waals surface area (Å²) in [6.07, 6.45) is 1.52. The van der Waals surface area contributed by atoms with E-state index in [0.717, 1.165) is 25.0 Å². The quantitative estimate of drug-likeness (QED) is 0.851. The summed E-state index contributed by atoms with van der Waals surface area (Å²) in [4.78, 5) is 13.6. The molecule has 1 unspecified atom stereocenters. The van der Waals surface area contributed by atoms with Crippen molar-refractivity contribution in [3.05, 3.63) is 35.1 Å². The lowest BCUT2D eigenvalue weighted by molar-refractivity contribution is 0.0679. The molecule has 0 saturated carbocycles. The molecule has 0 spiro atoms. The number of carbonyl (C=O) groups excluding carboxylic acids is 1. The van der Waals surface area contributed by atoms with Gasteiger partial charge in [-0.25, -0.2) is 13.2 Å². The van der Waals surface area contributed by atoms with Crippen LogP contribution in [-0.4, -0.2) is 29.9 Å². The van der Waals surface area contributed by atoms with Gasteiger partial charge in [-0.2, -0.15) is 0 Å². The van der Waals surface area contributed by atoms with Crippen LogP contribution in [-0.2, 0) is 0 Å². The summed E-state index contributed by atoms with van der Waals surface area (Å²) in [6, 6.07) is 1.53. The smallest absolute Gasteiger partial charge is 0.254 e. The Morgan fingerprint density at radius 1 is 1.24 bits per heavy atom. The van der Waals surface area contributed by atoms with E-state index < -0.39 is 23.4 Å². The maximum absolute atomic E-state index is 13.1. The van der Waals surface area contributed by atoms with Crippen molar-refractivity contribution in [1.29, 1.82) is 0 Å². The molecule has 0 radical (unpaired) electrons. The van der Waals surface area contributed by atoms with Crippen LogP contribution in [0.1, 0.15) is 30.1 Å². The Hall–Kier alpha value is -1.27. The number of hydrogen-bond acceptors (Lipinski definition) is 2. The Morgan fingerprint density at radius 3 is 2.14 bits per heavy atom. The van der Waals surface area contributed by atoms with E-state index in [0.29, 0.717) is 19.0 Å². The van der Waals surface area contributed by atoms with Gasteiger partial charge in [0.05, 0.1) is 0 Å². The monoisotopic (exact) mass is 322 g/mol. The van der Waals surface area contributed by atoms with E-state index in [1.165, 1.54) is 4.90 Å². The minimum absolute atomic E-state index is 0. The lowest BCUT2D eigenvalue weighted by Gasteiger charge is -2.33. The highest BCUT2D eigenvalue weighted by atomic mass is 35.5. The molecule has 1 amide bonds. The molecule has 118 valence electrons. The fourth-order valence-corrected chi connectivity index (χ4v) is 2.49. The molecule has 3 nitrogen and oxygen atoms in total. The Morgan fingerprint density at radius 2 is 1.71 bits per heavy atom. The summed E-state index contributed by atoms with van der Waals surface area (Å²) >= 11 is 0. The number of nitrogens with two attached hydrogens (primary N) is 1. The summed E-state index contributed by atoms with van der Waals surface area (Å²) in [7, 11) is 0. The first-order valence-corrected chi connectivity index (χ1v) is 6.59. The third-order valence-electron chi connectivity index (χ3n) is 3.80. The van der Waals surface area contributed by atoms with E-state index in [1.54, 1.807) is 0 Å². The van der Waals surface area contributed by atoms with E-state index in [4.69, 9.17) is 5.73 Å². The van der Waals surface area contributed by atoms with Crippen LogP contribution in [0.15, 0.2) is 12.1 Å². The summed E-state index contributed by atoms with van der Waals surface area (Å²) in [5, 5.41) is 0. The number of rotatable bonds is 2. The van der Waals surface area contributed by atoms with Crippen LogP contribution in [0.2, 0.25) is 0 Å². The van der Waals surface area contributed by atoms with Crippen molar-refractivity contribution in [3.63, 3.8) is 0 Å². The van der Waals surface area contributed by atoms with Crippen molar-refractivity contribution in [2.45, 2.75) is 25.8 Å². The van der Waals surface area contributed by atoms with Crippen molar-refractivity contribution in [2.75, 3.05) is 13.1 Å². The van der Waals surface area contributed by atoms with Gasteiger partial charge in [-0.15, -0.1) is 12.4 Å². The van der Waals surface area contributed by atoms with E-state index in [9.17, 15) is 18.0 Å². The van der Waals surface area contributed by atoms with Crippen LogP contribution in [0, 0.1) is 23.4 Å². The molecule has 2 rings (SSSR count). The summed E-state index contributed by atoms with van der Waals surface area (Å²) in [5.74, 6) is -4.39. The third-order valence-corrected chi connectivity index (χ3v) is 3.80. The van der Waals surface area contributed by atoms with Crippen LogP contribution in [0.25, 0.3) is 0 Å². The van der Waals surface area contributed by atoms with Crippen molar-refractivity contribution in [3.8, 4) is 0 Å². The van der Waals surface area contributed by atoms with Gasteiger partial charge in [0, 0.05) is 24.7 Å². The number of nitrogens with zero attached hydrogens (tertiary/aromatic N) is 1. The molecule has 1 aliphatic rings. The maximum atomic E-state index is 13.1. The van der Waals surface area contributed by atoms with Gasteiger partial charge in [-0.3, -0.25) is 4.79 Å². The van der Waals surface area contributed by atoms with Crippen molar-refractivity contribution < 1.29 is 18.0 Å². The Kier molecular flexibility index (Phi) is 6.04. The Bertz CT molecular complexity index is 494. The Labute approximate surface area is 127 Å². The van der Waals surface area contributed by atoms with Gasteiger partial charge < -0.3 is 10.6 Å². The molecule has 0 aromatic heterocycles. The zero-order valence-electron chi connectivity index (χ0n) is 11.6. The molecule has 1 heterocycles. The highest BCUT2D eigenvalue weighted by Gasteiger charge is 2.26. The summed E-state index contributed by atoms with van der Waals surface area (Å²) in [6.45, 7) is 2.91. The van der Waals surface area contributed by atoms with E-state index in [-0.39, 0.29) is 24.0 Å². The van der Waals surface area contributed by atoms with Crippen LogP contribution < -0.4 is 5.73 Å². The molecule has 0 aliphatic carbocycles. The second kappa shape index (κ2) is 7.13. The molecule has 1 aromatic rings. The number of hydrogen-bond donors (Lipinski definition) is 1. The zero-order chi connectivity index (χ0) is 14.9. The third kappa shape index (κ3) is 3.89. The van der Waals surface area contributed by atoms with Gasteiger partial charge >= 0.3 is 0 Å². The van der Waals surface area contributed by atoms with Gasteiger partial charge in [0.15, 0.2) is 17.5 Å². The molecule has 1 aromatic carbocycles. The van der Waals surface area contributed by atoms with Gasteiger partial charge in [-0.05, 0) is 37.8 Å². The second-order valence-corrected chi connectivity index (χ2v) is 5.24. The number of benzene rings is 1. The van der Waals surface area contributed by atoms with Crippen molar-refractivity contribution in [2.24, 2.45) is 11.7 Å². The largest absolute Gasteiger partial charge is 0.339 e. The number of likely N-dealkylation sites (tertiary alicyclic amines) is 1. The SMILES string of the molecule is CC(N)C1CCN(C(=O)c2cc(F)c(F)c(F)c2)CC1.Cl. The average molecular weight is 323 g/mol. The van der Waals surface area contributed by atoms with Gasteiger partial charge in [-0.1, -0.05) is 0 Å². The standard InChI is InChI=1S/C14H17F3N2O.ClH/c1-8(18)9-2-4-19(5-3-9)14(20)10-6-11(15)13(17)12(16)7-10;/h6-9H,2-5,18H2,1H3;1H. The fraction of sp³-hybridized carbons (Fsp3) is 0.500. The first-order chi connectivity index (χ1) is 9.40. The average Bonchev–Trinajstić information content (AvgIpc) is 2.43. The molecule has 1 aliphatic heterocycles. The van der Waals surface area contributed by atoms with E-state index >= 15 is 0 Å². The minimum Gasteiger partial charge on any atom is -0.339 e. The molecule has 0 bridgehead atoms. The molecule has 7 heteroatoms. The van der Waals surface area contributed by atoms with Gasteiger partial charge in [0.2, 0.25) is 0 Å². The first-order valence-electron chi connectivity index (χ1n) is 6.59. The van der Waals surface area contributed by atoms with Gasteiger partial charge in [0.1, 0.15) is 0 Å². The Balaban J connectivity index is 0.00000220. The number of amides is 1. The van der Waals surface area contributed by atoms with E-state index in [2.05, 4.69) is 0 Å². The van der Waals surface area contributed by atoms with Crippen LogP contribution in [0.3, 0.4) is 0 Å². The molecule has 21 heavy (non-hydrogen) atoms. The van der Waals surface area contributed by atoms with Crippen molar-refractivity contribution in [1.82, 2.24) is 4.90 Å². The highest BCUT2D eigenvalue weighted by molar-refractivity contribution is 5.94. The molecule has 1 saturated heterocycles. The number of carbonyl (C=O) groups is 1. The second-order valence-electron chi connectivity index (χ2n) is 5.24. The first kappa shape index (κ1) is 17.8. The lowest BCUT2D eigenvalue weighted by atomic mass is 9.90. The molecular formula is C14H18ClF3N2O. The number of piperidine rings is 1. The highest BCUT2D eigenvalue weighted by Crippen LogP contribution is 2.22. The summed E-state index contributed by atoms with van der Waals surface area (Å²) < 4.78 is 39.1. The van der Waals surface area contributed by atoms with Crippen LogP contribution >= 0.6 is 12.4 Å². The minimum atomic E-state index is -1.56. The molecule has 1 atom stereocenters. The van der Waals surface area contributed by atoms with E-state index in [1.807, 2.05) is 6.92 Å². The predicted molar refractivity (Wildman–Crippen MR) is 75.8 cm³/mol. The summed E-state index contributed by atoms with van der Waals surface area (Å²) in [5.41, 5.74) is 5.65. The maximum Gasteiger partial charge on any atom is 0.254 e. The van der Waals surface area contributed by atoms with Crippen molar-refractivity contribution >= 4 is 18.3 Å². The normalized spacial score (nSPS) is 17.3. The lowest BCUT2D eigenvalue weighted by Crippen LogP contribution is -2.42.